The summed E-state index contributed by atoms with van der Waals surface area (Å²) in [6.07, 6.45) is 3.12. The average molecular weight is 457 g/mol. The minimum atomic E-state index is -0.172. The molecule has 0 spiro atoms. The van der Waals surface area contributed by atoms with E-state index in [0.29, 0.717) is 25.3 Å². The number of rotatable bonds is 9. The molecule has 4 aromatic rings. The molecule has 0 fully saturated rings. The number of hydrogen-bond acceptors (Lipinski definition) is 4. The second-order valence-corrected chi connectivity index (χ2v) is 9.37. The highest BCUT2D eigenvalue weighted by Crippen LogP contribution is 2.24. The van der Waals surface area contributed by atoms with Gasteiger partial charge in [-0.2, -0.15) is 0 Å². The lowest BCUT2D eigenvalue weighted by Crippen LogP contribution is -2.27. The van der Waals surface area contributed by atoms with Gasteiger partial charge in [-0.25, -0.2) is 4.98 Å². The molecule has 34 heavy (non-hydrogen) atoms. The fraction of sp³-hybridized carbons (Fsp3) is 0.321. The molecule has 2 heterocycles. The zero-order valence-corrected chi connectivity index (χ0v) is 20.1. The fourth-order valence-electron chi connectivity index (χ4n) is 3.91. The van der Waals surface area contributed by atoms with E-state index in [1.54, 1.807) is 18.3 Å². The van der Waals surface area contributed by atoms with Crippen LogP contribution in [0.5, 0.6) is 5.75 Å². The summed E-state index contributed by atoms with van der Waals surface area (Å²) in [4.78, 5) is 21.2. The van der Waals surface area contributed by atoms with Crippen molar-refractivity contribution in [1.82, 2.24) is 19.9 Å². The van der Waals surface area contributed by atoms with E-state index in [0.717, 1.165) is 35.6 Å². The predicted molar refractivity (Wildman–Crippen MR) is 135 cm³/mol. The van der Waals surface area contributed by atoms with Gasteiger partial charge >= 0.3 is 0 Å². The van der Waals surface area contributed by atoms with Crippen LogP contribution in [0, 0.1) is 0 Å². The van der Waals surface area contributed by atoms with E-state index in [1.807, 2.05) is 36.4 Å². The predicted octanol–water partition coefficient (Wildman–Crippen LogP) is 5.17. The summed E-state index contributed by atoms with van der Waals surface area (Å²) in [6.45, 7) is 8.54. The number of amides is 1. The van der Waals surface area contributed by atoms with Gasteiger partial charge in [-0.15, -0.1) is 0 Å². The van der Waals surface area contributed by atoms with Crippen LogP contribution in [-0.4, -0.2) is 33.6 Å². The lowest BCUT2D eigenvalue weighted by atomic mass is 9.87. The molecule has 0 bridgehead atoms. The number of aromatic nitrogens is 3. The molecular formula is C28H32N4O2. The third kappa shape index (κ3) is 5.81. The van der Waals surface area contributed by atoms with E-state index in [9.17, 15) is 4.79 Å². The Morgan fingerprint density at radius 3 is 2.50 bits per heavy atom. The molecule has 0 saturated carbocycles. The summed E-state index contributed by atoms with van der Waals surface area (Å²) in [7, 11) is 0. The first-order chi connectivity index (χ1) is 16.4. The number of nitrogens with zero attached hydrogens (tertiary/aromatic N) is 3. The van der Waals surface area contributed by atoms with Crippen molar-refractivity contribution in [2.24, 2.45) is 0 Å². The number of aryl methyl sites for hydroxylation is 1. The number of benzene rings is 2. The van der Waals surface area contributed by atoms with E-state index >= 15 is 0 Å². The van der Waals surface area contributed by atoms with Crippen LogP contribution in [0.3, 0.4) is 0 Å². The highest BCUT2D eigenvalue weighted by atomic mass is 16.5. The quantitative estimate of drug-likeness (QED) is 0.353. The largest absolute Gasteiger partial charge is 0.494 e. The van der Waals surface area contributed by atoms with Crippen LogP contribution in [0.4, 0.5) is 0 Å². The van der Waals surface area contributed by atoms with Crippen molar-refractivity contribution in [2.75, 3.05) is 13.2 Å². The van der Waals surface area contributed by atoms with Crippen LogP contribution >= 0.6 is 0 Å². The van der Waals surface area contributed by atoms with E-state index in [-0.39, 0.29) is 11.3 Å². The Bertz CT molecular complexity index is 1220. The second kappa shape index (κ2) is 10.5. The minimum absolute atomic E-state index is 0.133. The van der Waals surface area contributed by atoms with E-state index in [1.165, 1.54) is 5.56 Å². The smallest absolute Gasteiger partial charge is 0.269 e. The number of nitrogens with one attached hydrogen (secondary N) is 1. The van der Waals surface area contributed by atoms with Gasteiger partial charge in [0, 0.05) is 25.7 Å². The molecule has 6 nitrogen and oxygen atoms in total. The zero-order valence-electron chi connectivity index (χ0n) is 20.1. The number of ether oxygens (including phenoxy) is 1. The van der Waals surface area contributed by atoms with Crippen molar-refractivity contribution in [2.45, 2.75) is 45.6 Å². The third-order valence-corrected chi connectivity index (χ3v) is 5.78. The molecular weight excluding hydrogens is 424 g/mol. The number of pyridine rings is 1. The number of carbonyl (C=O) groups excluding carboxylic acids is 1. The molecule has 1 amide bonds. The summed E-state index contributed by atoms with van der Waals surface area (Å²) in [6, 6.07) is 21.8. The maximum absolute atomic E-state index is 12.3. The summed E-state index contributed by atoms with van der Waals surface area (Å²) in [5.74, 6) is 1.67. The van der Waals surface area contributed by atoms with Gasteiger partial charge in [-0.1, -0.05) is 51.1 Å². The van der Waals surface area contributed by atoms with E-state index in [4.69, 9.17) is 9.72 Å². The summed E-state index contributed by atoms with van der Waals surface area (Å²) in [5, 5.41) is 2.94. The normalized spacial score (nSPS) is 11.5. The summed E-state index contributed by atoms with van der Waals surface area (Å²) >= 11 is 0. The van der Waals surface area contributed by atoms with Crippen molar-refractivity contribution < 1.29 is 9.53 Å². The van der Waals surface area contributed by atoms with Crippen LogP contribution in [0.25, 0.3) is 11.0 Å². The maximum Gasteiger partial charge on any atom is 0.269 e. The molecule has 0 unspecified atom stereocenters. The van der Waals surface area contributed by atoms with Gasteiger partial charge in [0.2, 0.25) is 0 Å². The average Bonchev–Trinajstić information content (AvgIpc) is 3.19. The van der Waals surface area contributed by atoms with Gasteiger partial charge in [-0.3, -0.25) is 9.78 Å². The lowest BCUT2D eigenvalue weighted by Gasteiger charge is -2.19. The third-order valence-electron chi connectivity index (χ3n) is 5.78. The van der Waals surface area contributed by atoms with Gasteiger partial charge in [0.1, 0.15) is 17.3 Å². The molecule has 6 heteroatoms. The standard InChI is InChI=1S/C28H32N4O2/c1-28(2,3)21-12-14-22(15-13-21)34-20-8-19-32-25-11-5-4-9-23(25)31-26(32)16-18-30-27(33)24-10-6-7-17-29-24/h4-7,9-15,17H,8,16,18-20H2,1-3H3,(H,30,33). The Kier molecular flexibility index (Phi) is 7.26. The highest BCUT2D eigenvalue weighted by Gasteiger charge is 2.14. The molecule has 176 valence electrons. The summed E-state index contributed by atoms with van der Waals surface area (Å²) in [5.41, 5.74) is 3.91. The van der Waals surface area contributed by atoms with Gasteiger partial charge in [-0.05, 0) is 53.8 Å². The van der Waals surface area contributed by atoms with Crippen LogP contribution in [0.15, 0.2) is 72.9 Å². The van der Waals surface area contributed by atoms with Crippen molar-refractivity contribution in [3.8, 4) is 5.75 Å². The maximum atomic E-state index is 12.3. The van der Waals surface area contributed by atoms with Crippen molar-refractivity contribution in [3.63, 3.8) is 0 Å². The first-order valence-corrected chi connectivity index (χ1v) is 11.8. The Labute approximate surface area is 201 Å². The van der Waals surface area contributed by atoms with E-state index in [2.05, 4.69) is 53.8 Å². The Balaban J connectivity index is 1.35. The zero-order chi connectivity index (χ0) is 24.0. The molecule has 0 atom stereocenters. The first-order valence-electron chi connectivity index (χ1n) is 11.8. The van der Waals surface area contributed by atoms with Crippen LogP contribution < -0.4 is 10.1 Å². The Morgan fingerprint density at radius 2 is 1.76 bits per heavy atom. The molecule has 0 saturated heterocycles. The molecule has 2 aromatic heterocycles. The number of hydrogen-bond donors (Lipinski definition) is 1. The van der Waals surface area contributed by atoms with E-state index < -0.39 is 0 Å². The number of carbonyl (C=O) groups is 1. The first kappa shape index (κ1) is 23.5. The van der Waals surface area contributed by atoms with Gasteiger partial charge in [0.15, 0.2) is 0 Å². The molecule has 0 aliphatic heterocycles. The Morgan fingerprint density at radius 1 is 1.00 bits per heavy atom. The van der Waals surface area contributed by atoms with Crippen LogP contribution in [0.1, 0.15) is 49.1 Å². The molecule has 1 N–H and O–H groups in total. The van der Waals surface area contributed by atoms with Gasteiger partial charge < -0.3 is 14.6 Å². The highest BCUT2D eigenvalue weighted by molar-refractivity contribution is 5.92. The monoisotopic (exact) mass is 456 g/mol. The summed E-state index contributed by atoms with van der Waals surface area (Å²) < 4.78 is 8.22. The number of fused-ring (bicyclic) bond motifs is 1. The minimum Gasteiger partial charge on any atom is -0.494 e. The molecule has 2 aromatic carbocycles. The SMILES string of the molecule is CC(C)(C)c1ccc(OCCCn2c(CCNC(=O)c3ccccn3)nc3ccccc32)cc1. The van der Waals surface area contributed by atoms with Gasteiger partial charge in [0.05, 0.1) is 17.6 Å². The second-order valence-electron chi connectivity index (χ2n) is 9.37. The molecule has 4 rings (SSSR count). The fourth-order valence-corrected chi connectivity index (χ4v) is 3.91. The Hall–Kier alpha value is -3.67. The molecule has 0 aliphatic carbocycles. The van der Waals surface area contributed by atoms with Crippen LogP contribution in [0.2, 0.25) is 0 Å². The van der Waals surface area contributed by atoms with Crippen molar-refractivity contribution >= 4 is 16.9 Å². The topological polar surface area (TPSA) is 69.0 Å². The van der Waals surface area contributed by atoms with Crippen LogP contribution in [-0.2, 0) is 18.4 Å². The number of imidazole rings is 1. The molecule has 0 radical (unpaired) electrons. The lowest BCUT2D eigenvalue weighted by molar-refractivity contribution is 0.0949. The van der Waals surface area contributed by atoms with Gasteiger partial charge in [0.25, 0.3) is 5.91 Å². The number of para-hydroxylation sites is 2. The van der Waals surface area contributed by atoms with Crippen molar-refractivity contribution in [1.29, 1.82) is 0 Å². The van der Waals surface area contributed by atoms with Crippen molar-refractivity contribution in [3.05, 3.63) is 90.0 Å². The molecule has 0 aliphatic rings.